The predicted octanol–water partition coefficient (Wildman–Crippen LogP) is 2.95. The number of nitrogen functional groups attached to an aromatic ring is 1. The van der Waals surface area contributed by atoms with Crippen molar-refractivity contribution in [3.8, 4) is 0 Å². The molecule has 2 amide bonds. The first-order valence-corrected chi connectivity index (χ1v) is 8.07. The van der Waals surface area contributed by atoms with Crippen LogP contribution in [-0.2, 0) is 11.3 Å². The Morgan fingerprint density at radius 2 is 1.96 bits per heavy atom. The average Bonchev–Trinajstić information content (AvgIpc) is 2.96. The smallest absolute Gasteiger partial charge is 0.255 e. The van der Waals surface area contributed by atoms with Crippen molar-refractivity contribution in [2.24, 2.45) is 0 Å². The largest absolute Gasteiger partial charge is 0.399 e. The molecule has 1 heterocycles. The molecule has 0 radical (unpaired) electrons. The van der Waals surface area contributed by atoms with E-state index in [1.807, 2.05) is 30.0 Å². The standard InChI is InChI=1S/C19H21N3O2/c1-13-4-9-16(20)11-17(13)21-19(24)15-7-5-14(6-8-15)12-22-10-2-3-18(22)23/h4-9,11H,2-3,10,12,20H2,1H3,(H,21,24). The fourth-order valence-corrected chi connectivity index (χ4v) is 2.82. The van der Waals surface area contributed by atoms with Crippen LogP contribution in [0, 0.1) is 6.92 Å². The average molecular weight is 323 g/mol. The molecule has 2 aromatic rings. The summed E-state index contributed by atoms with van der Waals surface area (Å²) in [5.74, 6) is 0.0291. The molecule has 0 saturated carbocycles. The second-order valence-corrected chi connectivity index (χ2v) is 6.14. The van der Waals surface area contributed by atoms with Crippen LogP contribution in [0.1, 0.15) is 34.3 Å². The van der Waals surface area contributed by atoms with Gasteiger partial charge in [-0.2, -0.15) is 0 Å². The molecule has 3 N–H and O–H groups in total. The topological polar surface area (TPSA) is 75.4 Å². The molecule has 0 bridgehead atoms. The Kier molecular flexibility index (Phi) is 4.51. The Morgan fingerprint density at radius 1 is 1.21 bits per heavy atom. The van der Waals surface area contributed by atoms with Crippen LogP contribution in [0.25, 0.3) is 0 Å². The Balaban J connectivity index is 1.67. The van der Waals surface area contributed by atoms with E-state index in [4.69, 9.17) is 5.73 Å². The monoisotopic (exact) mass is 323 g/mol. The van der Waals surface area contributed by atoms with Gasteiger partial charge >= 0.3 is 0 Å². The first kappa shape index (κ1) is 16.1. The maximum absolute atomic E-state index is 12.4. The Morgan fingerprint density at radius 3 is 2.62 bits per heavy atom. The Labute approximate surface area is 141 Å². The predicted molar refractivity (Wildman–Crippen MR) is 94.6 cm³/mol. The zero-order valence-corrected chi connectivity index (χ0v) is 13.7. The van der Waals surface area contributed by atoms with Gasteiger partial charge in [-0.15, -0.1) is 0 Å². The third-order valence-corrected chi connectivity index (χ3v) is 4.27. The van der Waals surface area contributed by atoms with Crippen LogP contribution in [0.3, 0.4) is 0 Å². The highest BCUT2D eigenvalue weighted by Crippen LogP contribution is 2.19. The summed E-state index contributed by atoms with van der Waals surface area (Å²) in [6, 6.07) is 12.8. The van der Waals surface area contributed by atoms with Crippen molar-refractivity contribution in [2.75, 3.05) is 17.6 Å². The zero-order chi connectivity index (χ0) is 17.1. The molecule has 0 aliphatic carbocycles. The van der Waals surface area contributed by atoms with Crippen molar-refractivity contribution in [3.63, 3.8) is 0 Å². The van der Waals surface area contributed by atoms with Crippen LogP contribution >= 0.6 is 0 Å². The molecule has 1 aliphatic rings. The van der Waals surface area contributed by atoms with Crippen LogP contribution in [-0.4, -0.2) is 23.3 Å². The lowest BCUT2D eigenvalue weighted by atomic mass is 10.1. The lowest BCUT2D eigenvalue weighted by molar-refractivity contribution is -0.128. The first-order chi connectivity index (χ1) is 11.5. The molecule has 24 heavy (non-hydrogen) atoms. The maximum atomic E-state index is 12.4. The zero-order valence-electron chi connectivity index (χ0n) is 13.7. The highest BCUT2D eigenvalue weighted by molar-refractivity contribution is 6.04. The SMILES string of the molecule is Cc1ccc(N)cc1NC(=O)c1ccc(CN2CCCC2=O)cc1. The van der Waals surface area contributed by atoms with Crippen LogP contribution < -0.4 is 11.1 Å². The van der Waals surface area contributed by atoms with Gasteiger partial charge in [-0.3, -0.25) is 9.59 Å². The van der Waals surface area contributed by atoms with Gasteiger partial charge in [0.05, 0.1) is 0 Å². The number of benzene rings is 2. The van der Waals surface area contributed by atoms with Crippen molar-refractivity contribution >= 4 is 23.2 Å². The van der Waals surface area contributed by atoms with E-state index in [1.54, 1.807) is 24.3 Å². The van der Waals surface area contributed by atoms with Crippen LogP contribution in [0.5, 0.6) is 0 Å². The van der Waals surface area contributed by atoms with Gasteiger partial charge in [0.2, 0.25) is 5.91 Å². The fraction of sp³-hybridized carbons (Fsp3) is 0.263. The van der Waals surface area contributed by atoms with Gasteiger partial charge in [0.15, 0.2) is 0 Å². The molecular formula is C19H21N3O2. The number of carbonyl (C=O) groups is 2. The number of carbonyl (C=O) groups excluding carboxylic acids is 2. The lowest BCUT2D eigenvalue weighted by Crippen LogP contribution is -2.23. The third kappa shape index (κ3) is 3.56. The summed E-state index contributed by atoms with van der Waals surface area (Å²) < 4.78 is 0. The molecule has 5 heteroatoms. The number of nitrogens with one attached hydrogen (secondary N) is 1. The van der Waals surface area contributed by atoms with Gasteiger partial charge in [-0.1, -0.05) is 18.2 Å². The van der Waals surface area contributed by atoms with Gasteiger partial charge in [0, 0.05) is 36.4 Å². The molecule has 1 fully saturated rings. The minimum atomic E-state index is -0.174. The maximum Gasteiger partial charge on any atom is 0.255 e. The molecule has 124 valence electrons. The van der Waals surface area contributed by atoms with E-state index in [9.17, 15) is 9.59 Å². The molecule has 0 atom stereocenters. The Bertz CT molecular complexity index is 769. The minimum absolute atomic E-state index is 0.174. The number of hydrogen-bond acceptors (Lipinski definition) is 3. The van der Waals surface area contributed by atoms with Crippen molar-refractivity contribution in [1.29, 1.82) is 0 Å². The van der Waals surface area contributed by atoms with Gasteiger partial charge in [0.1, 0.15) is 0 Å². The molecule has 0 aromatic heterocycles. The number of hydrogen-bond donors (Lipinski definition) is 2. The first-order valence-electron chi connectivity index (χ1n) is 8.07. The van der Waals surface area contributed by atoms with Crippen LogP contribution in [0.2, 0.25) is 0 Å². The summed E-state index contributed by atoms with van der Waals surface area (Å²) in [6.07, 6.45) is 1.57. The molecule has 0 spiro atoms. The van der Waals surface area contributed by atoms with Gasteiger partial charge < -0.3 is 16.0 Å². The van der Waals surface area contributed by atoms with Crippen molar-refractivity contribution in [3.05, 3.63) is 59.2 Å². The van der Waals surface area contributed by atoms with E-state index in [2.05, 4.69) is 5.32 Å². The van der Waals surface area contributed by atoms with E-state index in [0.29, 0.717) is 29.9 Å². The van der Waals surface area contributed by atoms with E-state index >= 15 is 0 Å². The number of rotatable bonds is 4. The molecule has 0 unspecified atom stereocenters. The second-order valence-electron chi connectivity index (χ2n) is 6.14. The molecule has 1 saturated heterocycles. The summed E-state index contributed by atoms with van der Waals surface area (Å²) in [7, 11) is 0. The quantitative estimate of drug-likeness (QED) is 0.849. The van der Waals surface area contributed by atoms with Crippen LogP contribution in [0.15, 0.2) is 42.5 Å². The number of amides is 2. The summed E-state index contributed by atoms with van der Waals surface area (Å²) >= 11 is 0. The summed E-state index contributed by atoms with van der Waals surface area (Å²) in [6.45, 7) is 3.34. The van der Waals surface area contributed by atoms with Crippen molar-refractivity contribution < 1.29 is 9.59 Å². The van der Waals surface area contributed by atoms with Crippen molar-refractivity contribution in [2.45, 2.75) is 26.3 Å². The van der Waals surface area contributed by atoms with Gasteiger partial charge in [-0.25, -0.2) is 0 Å². The molecule has 1 aliphatic heterocycles. The number of likely N-dealkylation sites (tertiary alicyclic amines) is 1. The van der Waals surface area contributed by atoms with Crippen LogP contribution in [0.4, 0.5) is 11.4 Å². The van der Waals surface area contributed by atoms with E-state index in [1.165, 1.54) is 0 Å². The molecular weight excluding hydrogens is 302 g/mol. The van der Waals surface area contributed by atoms with E-state index < -0.39 is 0 Å². The number of nitrogens with two attached hydrogens (primary N) is 1. The number of nitrogens with zero attached hydrogens (tertiary/aromatic N) is 1. The van der Waals surface area contributed by atoms with Gasteiger partial charge in [-0.05, 0) is 48.7 Å². The van der Waals surface area contributed by atoms with Gasteiger partial charge in [0.25, 0.3) is 5.91 Å². The lowest BCUT2D eigenvalue weighted by Gasteiger charge is -2.15. The second kappa shape index (κ2) is 6.74. The van der Waals surface area contributed by atoms with E-state index in [-0.39, 0.29) is 11.8 Å². The summed E-state index contributed by atoms with van der Waals surface area (Å²) in [4.78, 5) is 25.9. The fourth-order valence-electron chi connectivity index (χ4n) is 2.82. The minimum Gasteiger partial charge on any atom is -0.399 e. The number of aryl methyl sites for hydroxylation is 1. The number of anilines is 2. The third-order valence-electron chi connectivity index (χ3n) is 4.27. The molecule has 2 aromatic carbocycles. The highest BCUT2D eigenvalue weighted by atomic mass is 16.2. The van der Waals surface area contributed by atoms with Crippen molar-refractivity contribution in [1.82, 2.24) is 4.90 Å². The van der Waals surface area contributed by atoms with E-state index in [0.717, 1.165) is 24.1 Å². The summed E-state index contributed by atoms with van der Waals surface area (Å²) in [5.41, 5.74) is 9.66. The highest BCUT2D eigenvalue weighted by Gasteiger charge is 2.20. The normalized spacial score (nSPS) is 14.0. The molecule has 5 nitrogen and oxygen atoms in total. The summed E-state index contributed by atoms with van der Waals surface area (Å²) in [5, 5.41) is 2.88. The molecule has 3 rings (SSSR count). The Hall–Kier alpha value is -2.82.